The average molecular weight is 217 g/mol. The van der Waals surface area contributed by atoms with E-state index in [1.165, 1.54) is 43.8 Å². The molecule has 2 rings (SSSR count). The lowest BCUT2D eigenvalue weighted by molar-refractivity contribution is 0.708. The summed E-state index contributed by atoms with van der Waals surface area (Å²) in [5, 5.41) is 1.67. The maximum atomic E-state index is 3.28. The van der Waals surface area contributed by atoms with Crippen molar-refractivity contribution in [2.24, 2.45) is 0 Å². The number of hydrogen-bond acceptors (Lipinski definition) is 0. The van der Waals surface area contributed by atoms with Crippen molar-refractivity contribution in [3.05, 3.63) is 30.3 Å². The van der Waals surface area contributed by atoms with E-state index in [0.29, 0.717) is 0 Å². The molecule has 1 aromatic rings. The fraction of sp³-hybridized carbons (Fsp3) is 0.571. The first-order chi connectivity index (χ1) is 7.37. The topological polar surface area (TPSA) is 0 Å². The Balaban J connectivity index is 2.25. The maximum absolute atomic E-state index is 3.28. The normalized spacial score (nSPS) is 20.1. The predicted octanol–water partition coefficient (Wildman–Crippen LogP) is 3.74. The van der Waals surface area contributed by atoms with E-state index in [-0.39, 0.29) is 0 Å². The predicted molar refractivity (Wildman–Crippen MR) is 69.2 cm³/mol. The molecule has 0 saturated carbocycles. The van der Waals surface area contributed by atoms with E-state index < -0.39 is 8.07 Å². The summed E-state index contributed by atoms with van der Waals surface area (Å²) >= 11 is 0. The Hall–Kier alpha value is -0.563. The van der Waals surface area contributed by atoms with Gasteiger partial charge in [0.1, 0.15) is 0 Å². The van der Waals surface area contributed by atoms with Crippen LogP contribution < -0.4 is 5.19 Å². The molecular weight excluding hydrogens is 196 g/mol. The highest BCUT2D eigenvalue weighted by atomic mass is 28.3. The Morgan fingerprint density at radius 2 is 2.07 bits per heavy atom. The highest BCUT2D eigenvalue weighted by Crippen LogP contribution is 2.32. The minimum absolute atomic E-state index is 1.09. The van der Waals surface area contributed by atoms with Crippen LogP contribution in [0.2, 0.25) is 18.1 Å². The molecule has 15 heavy (non-hydrogen) atoms. The van der Waals surface area contributed by atoms with Gasteiger partial charge in [0.05, 0.1) is 8.07 Å². The Morgan fingerprint density at radius 1 is 1.27 bits per heavy atom. The molecular formula is C14H21Si. The Kier molecular flexibility index (Phi) is 3.63. The molecule has 0 amide bonds. The zero-order valence-corrected chi connectivity index (χ0v) is 10.8. The lowest BCUT2D eigenvalue weighted by Crippen LogP contribution is -2.48. The average Bonchev–Trinajstić information content (AvgIpc) is 2.32. The standard InChI is InChI=1S/C14H21Si/c1-2-11-15(12-7-4-8-13-15)14-9-5-3-6-10-14/h3,5,9-10H,2,4,7-8,11-13H2,1H3. The Bertz CT molecular complexity index is 280. The molecule has 81 valence electrons. The molecule has 0 aromatic heterocycles. The zero-order chi connectivity index (χ0) is 10.6. The van der Waals surface area contributed by atoms with Gasteiger partial charge in [-0.3, -0.25) is 0 Å². The van der Waals surface area contributed by atoms with Crippen LogP contribution in [-0.2, 0) is 0 Å². The smallest absolute Gasteiger partial charge is 0.0656 e. The summed E-state index contributed by atoms with van der Waals surface area (Å²) in [5.74, 6) is 0. The van der Waals surface area contributed by atoms with Crippen molar-refractivity contribution < 1.29 is 0 Å². The molecule has 0 bridgehead atoms. The first-order valence-electron chi connectivity index (χ1n) is 6.34. The monoisotopic (exact) mass is 217 g/mol. The molecule has 1 aliphatic rings. The van der Waals surface area contributed by atoms with Crippen LogP contribution in [0.4, 0.5) is 0 Å². The summed E-state index contributed by atoms with van der Waals surface area (Å²) in [6.07, 6.45) is 5.78. The van der Waals surface area contributed by atoms with Gasteiger partial charge in [-0.2, -0.15) is 0 Å². The Morgan fingerprint density at radius 3 is 2.67 bits per heavy atom. The molecule has 1 saturated heterocycles. The van der Waals surface area contributed by atoms with E-state index in [2.05, 4.69) is 31.2 Å². The van der Waals surface area contributed by atoms with Gasteiger partial charge in [-0.1, -0.05) is 80.2 Å². The van der Waals surface area contributed by atoms with Gasteiger partial charge in [0.25, 0.3) is 0 Å². The second-order valence-electron chi connectivity index (χ2n) is 4.88. The fourth-order valence-corrected chi connectivity index (χ4v) is 8.38. The second kappa shape index (κ2) is 4.98. The van der Waals surface area contributed by atoms with Gasteiger partial charge in [0, 0.05) is 0 Å². The highest BCUT2D eigenvalue weighted by Gasteiger charge is 2.34. The van der Waals surface area contributed by atoms with Gasteiger partial charge in [0.15, 0.2) is 0 Å². The van der Waals surface area contributed by atoms with Crippen LogP contribution in [0.5, 0.6) is 0 Å². The fourth-order valence-electron chi connectivity index (χ4n) is 3.11. The van der Waals surface area contributed by atoms with E-state index in [4.69, 9.17) is 0 Å². The van der Waals surface area contributed by atoms with Crippen molar-refractivity contribution in [3.63, 3.8) is 0 Å². The van der Waals surface area contributed by atoms with Gasteiger partial charge < -0.3 is 0 Å². The number of benzene rings is 1. The molecule has 1 heteroatoms. The van der Waals surface area contributed by atoms with E-state index >= 15 is 0 Å². The van der Waals surface area contributed by atoms with Crippen molar-refractivity contribution in [3.8, 4) is 0 Å². The van der Waals surface area contributed by atoms with Crippen LogP contribution >= 0.6 is 0 Å². The molecule has 0 aliphatic carbocycles. The molecule has 0 atom stereocenters. The van der Waals surface area contributed by atoms with Crippen molar-refractivity contribution in [2.75, 3.05) is 0 Å². The van der Waals surface area contributed by atoms with Crippen molar-refractivity contribution in [1.82, 2.24) is 0 Å². The summed E-state index contributed by atoms with van der Waals surface area (Å²) in [5.41, 5.74) is 0. The summed E-state index contributed by atoms with van der Waals surface area (Å²) in [4.78, 5) is 0. The van der Waals surface area contributed by atoms with Gasteiger partial charge in [0.2, 0.25) is 0 Å². The third-order valence-electron chi connectivity index (χ3n) is 3.86. The largest absolute Gasteiger partial charge is 0.0867 e. The van der Waals surface area contributed by atoms with Crippen molar-refractivity contribution >= 4 is 13.3 Å². The number of rotatable bonds is 3. The summed E-state index contributed by atoms with van der Waals surface area (Å²) in [6, 6.07) is 16.7. The van der Waals surface area contributed by atoms with Gasteiger partial charge in [-0.05, 0) is 6.07 Å². The molecule has 1 aliphatic heterocycles. The van der Waals surface area contributed by atoms with Crippen LogP contribution in [0.15, 0.2) is 24.3 Å². The first-order valence-corrected chi connectivity index (χ1v) is 8.96. The van der Waals surface area contributed by atoms with Crippen molar-refractivity contribution in [1.29, 1.82) is 0 Å². The minimum atomic E-state index is -1.09. The molecule has 1 heterocycles. The summed E-state index contributed by atoms with van der Waals surface area (Å²) in [7, 11) is -1.09. The van der Waals surface area contributed by atoms with Crippen LogP contribution in [0, 0.1) is 6.07 Å². The van der Waals surface area contributed by atoms with Gasteiger partial charge in [-0.25, -0.2) is 0 Å². The van der Waals surface area contributed by atoms with E-state index in [1.807, 2.05) is 6.07 Å². The molecule has 0 nitrogen and oxygen atoms in total. The molecule has 0 unspecified atom stereocenters. The number of hydrogen-bond donors (Lipinski definition) is 0. The Labute approximate surface area is 94.7 Å². The third-order valence-corrected chi connectivity index (χ3v) is 9.47. The lowest BCUT2D eigenvalue weighted by atomic mass is 10.3. The molecule has 1 fully saturated rings. The van der Waals surface area contributed by atoms with Gasteiger partial charge >= 0.3 is 0 Å². The van der Waals surface area contributed by atoms with Crippen LogP contribution in [0.3, 0.4) is 0 Å². The van der Waals surface area contributed by atoms with Crippen molar-refractivity contribution in [2.45, 2.75) is 50.7 Å². The first kappa shape index (κ1) is 10.9. The molecule has 0 N–H and O–H groups in total. The summed E-state index contributed by atoms with van der Waals surface area (Å²) < 4.78 is 0. The van der Waals surface area contributed by atoms with Crippen LogP contribution in [-0.4, -0.2) is 8.07 Å². The highest BCUT2D eigenvalue weighted by molar-refractivity contribution is 6.92. The second-order valence-corrected chi connectivity index (χ2v) is 9.52. The molecule has 1 radical (unpaired) electrons. The molecule has 1 aromatic carbocycles. The van der Waals surface area contributed by atoms with Gasteiger partial charge in [-0.15, -0.1) is 0 Å². The lowest BCUT2D eigenvalue weighted by Gasteiger charge is -2.35. The van der Waals surface area contributed by atoms with E-state index in [0.717, 1.165) is 0 Å². The summed E-state index contributed by atoms with van der Waals surface area (Å²) in [6.45, 7) is 2.34. The zero-order valence-electron chi connectivity index (χ0n) is 9.76. The quantitative estimate of drug-likeness (QED) is 0.677. The van der Waals surface area contributed by atoms with Crippen LogP contribution in [0.1, 0.15) is 32.6 Å². The molecule has 0 spiro atoms. The van der Waals surface area contributed by atoms with E-state index in [9.17, 15) is 0 Å². The minimum Gasteiger partial charge on any atom is -0.0656 e. The maximum Gasteiger partial charge on any atom is 0.0867 e. The van der Waals surface area contributed by atoms with E-state index in [1.54, 1.807) is 5.19 Å². The van der Waals surface area contributed by atoms with Crippen LogP contribution in [0.25, 0.3) is 0 Å². The third kappa shape index (κ3) is 2.33. The SMILES string of the molecule is CCC[Si]1(c2c[c]ccc2)CCCCC1.